The number of hydrogen-bond donors (Lipinski definition) is 1. The Morgan fingerprint density at radius 2 is 2.24 bits per heavy atom. The van der Waals surface area contributed by atoms with E-state index in [1.54, 1.807) is 18.0 Å². The zero-order valence-corrected chi connectivity index (χ0v) is 14.1. The van der Waals surface area contributed by atoms with Crippen molar-refractivity contribution in [3.63, 3.8) is 0 Å². The second-order valence-electron chi connectivity index (χ2n) is 6.43. The van der Waals surface area contributed by atoms with Crippen molar-refractivity contribution >= 4 is 11.7 Å². The summed E-state index contributed by atoms with van der Waals surface area (Å²) >= 11 is 0. The third kappa shape index (κ3) is 3.21. The molecule has 25 heavy (non-hydrogen) atoms. The van der Waals surface area contributed by atoms with Crippen molar-refractivity contribution in [2.24, 2.45) is 0 Å². The van der Waals surface area contributed by atoms with E-state index in [4.69, 9.17) is 9.15 Å². The van der Waals surface area contributed by atoms with Crippen molar-refractivity contribution in [1.82, 2.24) is 19.9 Å². The minimum Gasteiger partial charge on any atom is -0.438 e. The Bertz CT molecular complexity index is 758. The Balaban J connectivity index is 1.57. The fourth-order valence-corrected chi connectivity index (χ4v) is 3.07. The number of aromatic nitrogens is 3. The van der Waals surface area contributed by atoms with Gasteiger partial charge in [0.2, 0.25) is 5.76 Å². The van der Waals surface area contributed by atoms with Gasteiger partial charge < -0.3 is 19.4 Å². The van der Waals surface area contributed by atoms with Crippen molar-refractivity contribution in [1.29, 1.82) is 0 Å². The second-order valence-corrected chi connectivity index (χ2v) is 6.43. The molecule has 1 unspecified atom stereocenters. The minimum absolute atomic E-state index is 0.204. The molecule has 1 amide bonds. The highest BCUT2D eigenvalue weighted by Gasteiger charge is 2.33. The molecule has 2 aromatic heterocycles. The van der Waals surface area contributed by atoms with Crippen molar-refractivity contribution in [3.8, 4) is 0 Å². The van der Waals surface area contributed by atoms with E-state index < -0.39 is 0 Å². The molecule has 1 saturated heterocycles. The van der Waals surface area contributed by atoms with Gasteiger partial charge in [0.25, 0.3) is 5.91 Å². The van der Waals surface area contributed by atoms with Gasteiger partial charge in [-0.2, -0.15) is 0 Å². The van der Waals surface area contributed by atoms with Gasteiger partial charge in [0.15, 0.2) is 12.2 Å². The van der Waals surface area contributed by atoms with Crippen LogP contribution in [0.5, 0.6) is 0 Å². The van der Waals surface area contributed by atoms with Gasteiger partial charge in [-0.15, -0.1) is 0 Å². The van der Waals surface area contributed by atoms with Crippen molar-refractivity contribution in [2.45, 2.75) is 38.3 Å². The van der Waals surface area contributed by atoms with Gasteiger partial charge in [0.1, 0.15) is 11.9 Å². The summed E-state index contributed by atoms with van der Waals surface area (Å²) in [4.78, 5) is 27.6. The SMILES string of the molecule is Cc1ncoc1C(=O)N1CCOCC1c1nccc(NC2CCC2)n1. The van der Waals surface area contributed by atoms with Crippen LogP contribution in [0.1, 0.15) is 47.4 Å². The first-order valence-corrected chi connectivity index (χ1v) is 8.60. The number of nitrogens with one attached hydrogen (secondary N) is 1. The first kappa shape index (κ1) is 16.0. The van der Waals surface area contributed by atoms with Crippen molar-refractivity contribution < 1.29 is 13.9 Å². The molecule has 0 aromatic carbocycles. The number of carbonyl (C=O) groups is 1. The predicted octanol–water partition coefficient (Wildman–Crippen LogP) is 1.95. The molecule has 8 heteroatoms. The molecule has 2 fully saturated rings. The van der Waals surface area contributed by atoms with E-state index in [1.165, 1.54) is 25.7 Å². The van der Waals surface area contributed by atoms with Crippen LogP contribution in [0.3, 0.4) is 0 Å². The fraction of sp³-hybridized carbons (Fsp3) is 0.529. The third-order valence-electron chi connectivity index (χ3n) is 4.76. The van der Waals surface area contributed by atoms with E-state index in [-0.39, 0.29) is 17.7 Å². The van der Waals surface area contributed by atoms with Crippen LogP contribution in [-0.4, -0.2) is 51.6 Å². The van der Waals surface area contributed by atoms with Crippen LogP contribution in [-0.2, 0) is 4.74 Å². The summed E-state index contributed by atoms with van der Waals surface area (Å²) in [6.07, 6.45) is 6.60. The summed E-state index contributed by atoms with van der Waals surface area (Å²) in [7, 11) is 0. The summed E-state index contributed by atoms with van der Waals surface area (Å²) in [5.41, 5.74) is 0.580. The number of aryl methyl sites for hydroxylation is 1. The number of amides is 1. The van der Waals surface area contributed by atoms with Gasteiger partial charge >= 0.3 is 0 Å². The molecule has 1 atom stereocenters. The third-order valence-corrected chi connectivity index (χ3v) is 4.76. The average Bonchev–Trinajstić information content (AvgIpc) is 3.04. The topological polar surface area (TPSA) is 93.4 Å². The Morgan fingerprint density at radius 3 is 2.96 bits per heavy atom. The molecule has 2 aromatic rings. The van der Waals surface area contributed by atoms with Gasteiger partial charge in [0.05, 0.1) is 18.9 Å². The quantitative estimate of drug-likeness (QED) is 0.907. The summed E-state index contributed by atoms with van der Waals surface area (Å²) in [6, 6.07) is 2.01. The molecule has 132 valence electrons. The normalized spacial score (nSPS) is 21.0. The Labute approximate surface area is 145 Å². The van der Waals surface area contributed by atoms with Crippen LogP contribution in [0.4, 0.5) is 5.82 Å². The molecule has 8 nitrogen and oxygen atoms in total. The highest BCUT2D eigenvalue weighted by atomic mass is 16.5. The standard InChI is InChI=1S/C17H21N5O3/c1-11-15(25-10-19-11)17(23)22-7-8-24-9-13(22)16-18-6-5-14(21-16)20-12-3-2-4-12/h5-6,10,12-13H,2-4,7-9H2,1H3,(H,18,20,21). The van der Waals surface area contributed by atoms with Crippen LogP contribution in [0.2, 0.25) is 0 Å². The van der Waals surface area contributed by atoms with Gasteiger partial charge in [0, 0.05) is 18.8 Å². The lowest BCUT2D eigenvalue weighted by Gasteiger charge is -2.34. The molecule has 1 aliphatic heterocycles. The van der Waals surface area contributed by atoms with E-state index in [0.29, 0.717) is 37.3 Å². The fourth-order valence-electron chi connectivity index (χ4n) is 3.07. The maximum Gasteiger partial charge on any atom is 0.292 e. The number of carbonyl (C=O) groups excluding carboxylic acids is 1. The highest BCUT2D eigenvalue weighted by Crippen LogP contribution is 2.26. The molecule has 4 rings (SSSR count). The maximum absolute atomic E-state index is 12.8. The van der Waals surface area contributed by atoms with E-state index in [2.05, 4.69) is 20.3 Å². The van der Waals surface area contributed by atoms with Crippen LogP contribution < -0.4 is 5.32 Å². The Morgan fingerprint density at radius 1 is 1.36 bits per heavy atom. The number of hydrogen-bond acceptors (Lipinski definition) is 7. The largest absolute Gasteiger partial charge is 0.438 e. The van der Waals surface area contributed by atoms with Crippen LogP contribution in [0.15, 0.2) is 23.1 Å². The smallest absolute Gasteiger partial charge is 0.292 e. The van der Waals surface area contributed by atoms with Gasteiger partial charge in [-0.1, -0.05) is 0 Å². The Kier molecular flexibility index (Phi) is 4.35. The lowest BCUT2D eigenvalue weighted by molar-refractivity contribution is -0.00677. The summed E-state index contributed by atoms with van der Waals surface area (Å²) in [6.45, 7) is 3.07. The van der Waals surface area contributed by atoms with E-state index in [1.807, 2.05) is 6.07 Å². The number of rotatable bonds is 4. The Hall–Kier alpha value is -2.48. The molecule has 0 spiro atoms. The molecule has 0 bridgehead atoms. The van der Waals surface area contributed by atoms with Crippen LogP contribution in [0, 0.1) is 6.92 Å². The molecular weight excluding hydrogens is 322 g/mol. The lowest BCUT2D eigenvalue weighted by atomic mass is 9.93. The summed E-state index contributed by atoms with van der Waals surface area (Å²) in [5, 5.41) is 3.41. The summed E-state index contributed by atoms with van der Waals surface area (Å²) in [5.74, 6) is 1.43. The monoisotopic (exact) mass is 343 g/mol. The van der Waals surface area contributed by atoms with Crippen molar-refractivity contribution in [3.05, 3.63) is 35.9 Å². The molecule has 0 radical (unpaired) electrons. The van der Waals surface area contributed by atoms with E-state index >= 15 is 0 Å². The number of nitrogens with zero attached hydrogens (tertiary/aromatic N) is 4. The molecular formula is C17H21N5O3. The summed E-state index contributed by atoms with van der Waals surface area (Å²) < 4.78 is 10.8. The van der Waals surface area contributed by atoms with E-state index in [9.17, 15) is 4.79 Å². The highest BCUT2D eigenvalue weighted by molar-refractivity contribution is 5.92. The number of morpholine rings is 1. The maximum atomic E-state index is 12.8. The van der Waals surface area contributed by atoms with Gasteiger partial charge in [-0.05, 0) is 32.3 Å². The molecule has 1 aliphatic carbocycles. The number of oxazole rings is 1. The van der Waals surface area contributed by atoms with Gasteiger partial charge in [-0.3, -0.25) is 4.79 Å². The zero-order valence-electron chi connectivity index (χ0n) is 14.1. The molecule has 3 heterocycles. The van der Waals surface area contributed by atoms with Crippen molar-refractivity contribution in [2.75, 3.05) is 25.1 Å². The van der Waals surface area contributed by atoms with Gasteiger partial charge in [-0.25, -0.2) is 15.0 Å². The molecule has 2 aliphatic rings. The number of ether oxygens (including phenoxy) is 1. The zero-order chi connectivity index (χ0) is 17.2. The lowest BCUT2D eigenvalue weighted by Crippen LogP contribution is -2.44. The average molecular weight is 343 g/mol. The van der Waals surface area contributed by atoms with Crippen LogP contribution in [0.25, 0.3) is 0 Å². The molecule has 1 saturated carbocycles. The second kappa shape index (κ2) is 6.79. The molecule has 1 N–H and O–H groups in total. The number of anilines is 1. The van der Waals surface area contributed by atoms with E-state index in [0.717, 1.165) is 5.82 Å². The first-order chi connectivity index (χ1) is 12.2. The first-order valence-electron chi connectivity index (χ1n) is 8.60. The minimum atomic E-state index is -0.339. The predicted molar refractivity (Wildman–Crippen MR) is 89.1 cm³/mol. The van der Waals surface area contributed by atoms with Crippen LogP contribution >= 0.6 is 0 Å².